The summed E-state index contributed by atoms with van der Waals surface area (Å²) in [6.07, 6.45) is 0.0697. The molecule has 1 atom stereocenters. The average Bonchev–Trinajstić information content (AvgIpc) is 2.98. The summed E-state index contributed by atoms with van der Waals surface area (Å²) in [5, 5.41) is 11.9. The summed E-state index contributed by atoms with van der Waals surface area (Å²) in [5.74, 6) is -0.810. The third-order valence-electron chi connectivity index (χ3n) is 3.45. The molecule has 2 heterocycles. The van der Waals surface area contributed by atoms with Crippen molar-refractivity contribution in [2.75, 3.05) is 24.7 Å². The highest BCUT2D eigenvalue weighted by atomic mass is 32.1. The predicted octanol–water partition coefficient (Wildman–Crippen LogP) is 2.49. The molecular formula is C15H16N2O3S. The number of rotatable bonds is 4. The fourth-order valence-corrected chi connectivity index (χ4v) is 3.35. The molecule has 0 aliphatic carbocycles. The molecule has 5 nitrogen and oxygen atoms in total. The van der Waals surface area contributed by atoms with E-state index in [1.54, 1.807) is 11.3 Å². The standard InChI is InChI=1S/C15H16N2O3S/c18-14(19)8-12-9-20-7-6-17(12)15-16-13(10-21-15)11-4-2-1-3-5-11/h1-5,10,12H,6-9H2,(H,18,19). The Morgan fingerprint density at radius 1 is 1.43 bits per heavy atom. The van der Waals surface area contributed by atoms with E-state index in [9.17, 15) is 4.79 Å². The van der Waals surface area contributed by atoms with Gasteiger partial charge in [0.25, 0.3) is 0 Å². The summed E-state index contributed by atoms with van der Waals surface area (Å²) in [6, 6.07) is 9.83. The molecule has 0 radical (unpaired) electrons. The van der Waals surface area contributed by atoms with Crippen LogP contribution >= 0.6 is 11.3 Å². The van der Waals surface area contributed by atoms with E-state index in [1.165, 1.54) is 0 Å². The number of ether oxygens (including phenoxy) is 1. The van der Waals surface area contributed by atoms with E-state index in [0.717, 1.165) is 16.4 Å². The van der Waals surface area contributed by atoms with Crippen molar-refractivity contribution in [2.24, 2.45) is 0 Å². The van der Waals surface area contributed by atoms with Gasteiger partial charge in [0.2, 0.25) is 0 Å². The highest BCUT2D eigenvalue weighted by molar-refractivity contribution is 7.14. The van der Waals surface area contributed by atoms with Crippen LogP contribution < -0.4 is 4.90 Å². The fourth-order valence-electron chi connectivity index (χ4n) is 2.42. The summed E-state index contributed by atoms with van der Waals surface area (Å²) in [5.41, 5.74) is 2.00. The summed E-state index contributed by atoms with van der Waals surface area (Å²) < 4.78 is 5.40. The predicted molar refractivity (Wildman–Crippen MR) is 81.8 cm³/mol. The molecule has 1 unspecified atom stereocenters. The molecule has 2 aromatic rings. The molecule has 1 saturated heterocycles. The summed E-state index contributed by atoms with van der Waals surface area (Å²) in [6.45, 7) is 1.72. The Kier molecular flexibility index (Phi) is 4.17. The number of carboxylic acid groups (broad SMARTS) is 1. The second-order valence-corrected chi connectivity index (χ2v) is 5.74. The van der Waals surface area contributed by atoms with E-state index in [4.69, 9.17) is 9.84 Å². The quantitative estimate of drug-likeness (QED) is 0.940. The molecule has 110 valence electrons. The van der Waals surface area contributed by atoms with Crippen LogP contribution in [0.15, 0.2) is 35.7 Å². The van der Waals surface area contributed by atoms with Crippen LogP contribution in [0.5, 0.6) is 0 Å². The van der Waals surface area contributed by atoms with E-state index < -0.39 is 5.97 Å². The molecule has 6 heteroatoms. The molecule has 21 heavy (non-hydrogen) atoms. The van der Waals surface area contributed by atoms with Crippen molar-refractivity contribution in [1.82, 2.24) is 4.98 Å². The number of anilines is 1. The van der Waals surface area contributed by atoms with Gasteiger partial charge >= 0.3 is 5.97 Å². The number of hydrogen-bond acceptors (Lipinski definition) is 5. The number of hydrogen-bond donors (Lipinski definition) is 1. The van der Waals surface area contributed by atoms with Gasteiger partial charge in [-0.05, 0) is 0 Å². The Bertz CT molecular complexity index is 614. The van der Waals surface area contributed by atoms with Crippen LogP contribution in [-0.2, 0) is 9.53 Å². The number of carbonyl (C=O) groups is 1. The van der Waals surface area contributed by atoms with Crippen LogP contribution in [0.4, 0.5) is 5.13 Å². The molecule has 1 aliphatic heterocycles. The Labute approximate surface area is 126 Å². The summed E-state index contributed by atoms with van der Waals surface area (Å²) in [4.78, 5) is 17.7. The first kappa shape index (κ1) is 14.0. The Morgan fingerprint density at radius 3 is 3.00 bits per heavy atom. The van der Waals surface area contributed by atoms with Gasteiger partial charge < -0.3 is 14.7 Å². The third-order valence-corrected chi connectivity index (χ3v) is 4.32. The van der Waals surface area contributed by atoms with Gasteiger partial charge in [-0.3, -0.25) is 4.79 Å². The lowest BCUT2D eigenvalue weighted by Crippen LogP contribution is -2.46. The van der Waals surface area contributed by atoms with Gasteiger partial charge in [0.1, 0.15) is 0 Å². The molecule has 0 amide bonds. The monoisotopic (exact) mass is 304 g/mol. The highest BCUT2D eigenvalue weighted by Crippen LogP contribution is 2.30. The number of aromatic nitrogens is 1. The Balaban J connectivity index is 1.82. The minimum Gasteiger partial charge on any atom is -0.481 e. The molecular weight excluding hydrogens is 288 g/mol. The lowest BCUT2D eigenvalue weighted by atomic mass is 10.1. The van der Waals surface area contributed by atoms with Crippen molar-refractivity contribution in [2.45, 2.75) is 12.5 Å². The maximum atomic E-state index is 11.0. The van der Waals surface area contributed by atoms with Gasteiger partial charge in [-0.2, -0.15) is 0 Å². The minimum absolute atomic E-state index is 0.0697. The summed E-state index contributed by atoms with van der Waals surface area (Å²) in [7, 11) is 0. The second-order valence-electron chi connectivity index (χ2n) is 4.90. The van der Waals surface area contributed by atoms with Gasteiger partial charge in [0.05, 0.1) is 31.4 Å². The van der Waals surface area contributed by atoms with Gasteiger partial charge in [0, 0.05) is 17.5 Å². The van der Waals surface area contributed by atoms with E-state index in [0.29, 0.717) is 19.8 Å². The number of carboxylic acids is 1. The topological polar surface area (TPSA) is 62.7 Å². The molecule has 1 N–H and O–H groups in total. The zero-order valence-corrected chi connectivity index (χ0v) is 12.3. The molecule has 1 aromatic carbocycles. The number of nitrogens with zero attached hydrogens (tertiary/aromatic N) is 2. The van der Waals surface area contributed by atoms with Gasteiger partial charge in [-0.1, -0.05) is 30.3 Å². The minimum atomic E-state index is -0.810. The van der Waals surface area contributed by atoms with Crippen molar-refractivity contribution in [1.29, 1.82) is 0 Å². The van der Waals surface area contributed by atoms with Crippen molar-refractivity contribution in [3.8, 4) is 11.3 Å². The van der Waals surface area contributed by atoms with Crippen LogP contribution in [0.2, 0.25) is 0 Å². The molecule has 0 saturated carbocycles. The van der Waals surface area contributed by atoms with Crippen LogP contribution in [0.3, 0.4) is 0 Å². The smallest absolute Gasteiger partial charge is 0.305 e. The van der Waals surface area contributed by atoms with Gasteiger partial charge in [-0.25, -0.2) is 4.98 Å². The van der Waals surface area contributed by atoms with E-state index in [1.807, 2.05) is 35.7 Å². The van der Waals surface area contributed by atoms with Crippen LogP contribution in [0.1, 0.15) is 6.42 Å². The summed E-state index contributed by atoms with van der Waals surface area (Å²) >= 11 is 1.55. The molecule has 0 bridgehead atoms. The maximum absolute atomic E-state index is 11.0. The zero-order chi connectivity index (χ0) is 14.7. The first-order chi connectivity index (χ1) is 10.2. The van der Waals surface area contributed by atoms with E-state index >= 15 is 0 Å². The van der Waals surface area contributed by atoms with Crippen molar-refractivity contribution in [3.05, 3.63) is 35.7 Å². The number of thiazole rings is 1. The third kappa shape index (κ3) is 3.22. The van der Waals surface area contributed by atoms with Crippen LogP contribution in [0.25, 0.3) is 11.3 Å². The molecule has 1 aliphatic rings. The van der Waals surface area contributed by atoms with Crippen molar-refractivity contribution >= 4 is 22.4 Å². The Hall–Kier alpha value is -1.92. The number of benzene rings is 1. The molecule has 1 aromatic heterocycles. The maximum Gasteiger partial charge on any atom is 0.305 e. The average molecular weight is 304 g/mol. The second kappa shape index (κ2) is 6.24. The van der Waals surface area contributed by atoms with Crippen molar-refractivity contribution < 1.29 is 14.6 Å². The number of aliphatic carboxylic acids is 1. The van der Waals surface area contributed by atoms with E-state index in [-0.39, 0.29) is 12.5 Å². The van der Waals surface area contributed by atoms with Crippen molar-refractivity contribution in [3.63, 3.8) is 0 Å². The van der Waals surface area contributed by atoms with Crippen LogP contribution in [-0.4, -0.2) is 41.9 Å². The normalized spacial score (nSPS) is 18.7. The molecule has 0 spiro atoms. The first-order valence-electron chi connectivity index (χ1n) is 6.81. The lowest BCUT2D eigenvalue weighted by molar-refractivity contribution is -0.138. The van der Waals surface area contributed by atoms with Gasteiger partial charge in [-0.15, -0.1) is 11.3 Å². The SMILES string of the molecule is O=C(O)CC1COCCN1c1nc(-c2ccccc2)cs1. The highest BCUT2D eigenvalue weighted by Gasteiger charge is 2.27. The van der Waals surface area contributed by atoms with Crippen LogP contribution in [0, 0.1) is 0 Å². The molecule has 1 fully saturated rings. The first-order valence-corrected chi connectivity index (χ1v) is 7.69. The number of morpholine rings is 1. The van der Waals surface area contributed by atoms with E-state index in [2.05, 4.69) is 9.88 Å². The Morgan fingerprint density at radius 2 is 2.24 bits per heavy atom. The largest absolute Gasteiger partial charge is 0.481 e. The van der Waals surface area contributed by atoms with Gasteiger partial charge in [0.15, 0.2) is 5.13 Å². The fraction of sp³-hybridized carbons (Fsp3) is 0.333. The lowest BCUT2D eigenvalue weighted by Gasteiger charge is -2.34. The molecule has 3 rings (SSSR count). The zero-order valence-electron chi connectivity index (χ0n) is 11.4.